The van der Waals surface area contributed by atoms with E-state index in [-0.39, 0.29) is 18.1 Å². The monoisotopic (exact) mass is 251 g/mol. The second-order valence-corrected chi connectivity index (χ2v) is 5.21. The predicted octanol–water partition coefficient (Wildman–Crippen LogP) is 0.915. The molecule has 6 nitrogen and oxygen atoms in total. The molecule has 0 aromatic carbocycles. The zero-order chi connectivity index (χ0) is 12.3. The average molecular weight is 251 g/mol. The Morgan fingerprint density at radius 3 is 3.11 bits per heavy atom. The van der Waals surface area contributed by atoms with E-state index < -0.39 is 17.9 Å². The van der Waals surface area contributed by atoms with Gasteiger partial charge in [-0.3, -0.25) is 9.63 Å². The fraction of sp³-hybridized carbons (Fsp3) is 0.667. The van der Waals surface area contributed by atoms with E-state index in [4.69, 9.17) is 14.3 Å². The number of piperidine rings is 1. The van der Waals surface area contributed by atoms with Crippen molar-refractivity contribution >= 4 is 12.1 Å². The molecular formula is C12H13NO5. The third kappa shape index (κ3) is 1.16. The maximum Gasteiger partial charge on any atom is 0.509 e. The third-order valence-electron chi connectivity index (χ3n) is 4.21. The Hall–Kier alpha value is -1.56. The number of nitrogens with zero attached hydrogens (tertiary/aromatic N) is 1. The maximum absolute atomic E-state index is 11.9. The van der Waals surface area contributed by atoms with E-state index in [1.54, 1.807) is 0 Å². The molecular weight excluding hydrogens is 238 g/mol. The number of carbonyl (C=O) groups excluding carboxylic acids is 2. The van der Waals surface area contributed by atoms with E-state index in [2.05, 4.69) is 0 Å². The molecule has 3 saturated heterocycles. The van der Waals surface area contributed by atoms with Gasteiger partial charge >= 0.3 is 6.16 Å². The van der Waals surface area contributed by atoms with Crippen molar-refractivity contribution in [3.63, 3.8) is 0 Å². The molecule has 3 heterocycles. The van der Waals surface area contributed by atoms with E-state index in [1.807, 2.05) is 12.2 Å². The van der Waals surface area contributed by atoms with E-state index >= 15 is 0 Å². The summed E-state index contributed by atoms with van der Waals surface area (Å²) in [6.07, 6.45) is 5.01. The van der Waals surface area contributed by atoms with Gasteiger partial charge < -0.3 is 9.47 Å². The number of fused-ring (bicyclic) bond motifs is 2. The van der Waals surface area contributed by atoms with Gasteiger partial charge in [0.05, 0.1) is 0 Å². The second-order valence-electron chi connectivity index (χ2n) is 5.21. The highest BCUT2D eigenvalue weighted by molar-refractivity contribution is 5.77. The summed E-state index contributed by atoms with van der Waals surface area (Å²) in [6, 6.07) is -0.226. The molecule has 4 unspecified atom stereocenters. The molecule has 96 valence electrons. The number of hydroxylamine groups is 2. The molecule has 0 saturated carbocycles. The zero-order valence-corrected chi connectivity index (χ0v) is 9.70. The highest BCUT2D eigenvalue weighted by Gasteiger charge is 2.63. The Labute approximate surface area is 103 Å². The van der Waals surface area contributed by atoms with Gasteiger partial charge in [-0.05, 0) is 18.9 Å². The molecule has 0 aromatic heterocycles. The van der Waals surface area contributed by atoms with E-state index in [9.17, 15) is 9.59 Å². The Kier molecular flexibility index (Phi) is 1.88. The third-order valence-corrected chi connectivity index (χ3v) is 4.21. The van der Waals surface area contributed by atoms with Crippen molar-refractivity contribution in [2.45, 2.75) is 49.5 Å². The van der Waals surface area contributed by atoms with Gasteiger partial charge in [-0.25, -0.2) is 9.86 Å². The van der Waals surface area contributed by atoms with Gasteiger partial charge in [0.1, 0.15) is 12.1 Å². The minimum absolute atomic E-state index is 0.0349. The van der Waals surface area contributed by atoms with Crippen LogP contribution in [0.2, 0.25) is 0 Å². The molecule has 4 atom stereocenters. The first kappa shape index (κ1) is 10.4. The predicted molar refractivity (Wildman–Crippen MR) is 57.2 cm³/mol. The van der Waals surface area contributed by atoms with Crippen LogP contribution in [0.3, 0.4) is 0 Å². The van der Waals surface area contributed by atoms with Crippen molar-refractivity contribution in [1.82, 2.24) is 5.06 Å². The fourth-order valence-corrected chi connectivity index (χ4v) is 3.44. The lowest BCUT2D eigenvalue weighted by Gasteiger charge is -2.51. The molecule has 1 amide bonds. The maximum atomic E-state index is 11.9. The van der Waals surface area contributed by atoms with Crippen LogP contribution in [0.5, 0.6) is 0 Å². The molecule has 0 aromatic rings. The standard InChI is InChI=1S/C12H13NO5/c14-10-3-1-2-8-12-6-7(18-13(8)10)4-5-9(12)16-11(15)17-12/h4-5,7-9H,1-3,6H2. The zero-order valence-electron chi connectivity index (χ0n) is 9.70. The second kappa shape index (κ2) is 3.26. The van der Waals surface area contributed by atoms with Crippen LogP contribution in [0.15, 0.2) is 12.2 Å². The summed E-state index contributed by atoms with van der Waals surface area (Å²) in [4.78, 5) is 29.0. The van der Waals surface area contributed by atoms with Gasteiger partial charge in [0, 0.05) is 12.8 Å². The molecule has 18 heavy (non-hydrogen) atoms. The van der Waals surface area contributed by atoms with Crippen molar-refractivity contribution in [1.29, 1.82) is 0 Å². The SMILES string of the molecule is O=C1OC2C=CC3CC2(O1)C1CCCC(=O)N1O3. The van der Waals surface area contributed by atoms with Crippen LogP contribution < -0.4 is 0 Å². The molecule has 3 fully saturated rings. The lowest BCUT2D eigenvalue weighted by atomic mass is 9.75. The highest BCUT2D eigenvalue weighted by Crippen LogP contribution is 2.47. The number of hydrogen-bond acceptors (Lipinski definition) is 5. The molecule has 3 aliphatic heterocycles. The van der Waals surface area contributed by atoms with Crippen molar-refractivity contribution in [3.05, 3.63) is 12.2 Å². The fourth-order valence-electron chi connectivity index (χ4n) is 3.44. The van der Waals surface area contributed by atoms with Crippen molar-refractivity contribution in [2.75, 3.05) is 0 Å². The van der Waals surface area contributed by atoms with Gasteiger partial charge in [0.15, 0.2) is 11.7 Å². The van der Waals surface area contributed by atoms with Crippen molar-refractivity contribution in [3.8, 4) is 0 Å². The van der Waals surface area contributed by atoms with Gasteiger partial charge in [-0.15, -0.1) is 0 Å². The number of hydrogen-bond donors (Lipinski definition) is 0. The summed E-state index contributed by atoms with van der Waals surface area (Å²) >= 11 is 0. The minimum atomic E-state index is -0.745. The summed E-state index contributed by atoms with van der Waals surface area (Å²) in [6.45, 7) is 0. The highest BCUT2D eigenvalue weighted by atomic mass is 16.8. The van der Waals surface area contributed by atoms with Crippen molar-refractivity contribution < 1.29 is 23.9 Å². The molecule has 1 spiro atoms. The quantitative estimate of drug-likeness (QED) is 0.473. The van der Waals surface area contributed by atoms with Crippen LogP contribution in [0.1, 0.15) is 25.7 Å². The Morgan fingerprint density at radius 2 is 2.22 bits per heavy atom. The Morgan fingerprint density at radius 1 is 1.33 bits per heavy atom. The van der Waals surface area contributed by atoms with Crippen molar-refractivity contribution in [2.24, 2.45) is 0 Å². The average Bonchev–Trinajstić information content (AvgIpc) is 2.66. The number of carbonyl (C=O) groups is 2. The van der Waals surface area contributed by atoms with Crippen LogP contribution in [-0.4, -0.2) is 41.0 Å². The first-order valence-electron chi connectivity index (χ1n) is 6.26. The number of amides is 1. The van der Waals surface area contributed by atoms with E-state index in [1.165, 1.54) is 5.06 Å². The van der Waals surface area contributed by atoms with Gasteiger partial charge in [-0.1, -0.05) is 6.08 Å². The number of ether oxygens (including phenoxy) is 2. The lowest BCUT2D eigenvalue weighted by molar-refractivity contribution is -0.283. The minimum Gasteiger partial charge on any atom is -0.422 e. The molecule has 0 N–H and O–H groups in total. The summed E-state index contributed by atoms with van der Waals surface area (Å²) in [7, 11) is 0. The largest absolute Gasteiger partial charge is 0.509 e. The Bertz CT molecular complexity index is 461. The molecule has 4 rings (SSSR count). The normalized spacial score (nSPS) is 45.1. The van der Waals surface area contributed by atoms with Crippen LogP contribution >= 0.6 is 0 Å². The first-order valence-corrected chi connectivity index (χ1v) is 6.26. The van der Waals surface area contributed by atoms with Crippen LogP contribution in [-0.2, 0) is 19.1 Å². The summed E-state index contributed by atoms with van der Waals surface area (Å²) in [5.74, 6) is -0.0349. The topological polar surface area (TPSA) is 65.1 Å². The molecule has 0 radical (unpaired) electrons. The van der Waals surface area contributed by atoms with Crippen LogP contribution in [0.25, 0.3) is 0 Å². The molecule has 4 aliphatic rings. The first-order chi connectivity index (χ1) is 8.69. The summed E-state index contributed by atoms with van der Waals surface area (Å²) in [5.41, 5.74) is -0.745. The molecule has 2 bridgehead atoms. The van der Waals surface area contributed by atoms with Gasteiger partial charge in [-0.2, -0.15) is 0 Å². The molecule has 1 aliphatic carbocycles. The summed E-state index contributed by atoms with van der Waals surface area (Å²) in [5, 5.41) is 1.41. The van der Waals surface area contributed by atoms with Gasteiger partial charge in [0.2, 0.25) is 5.91 Å². The molecule has 6 heteroatoms. The van der Waals surface area contributed by atoms with Crippen LogP contribution in [0, 0.1) is 0 Å². The lowest BCUT2D eigenvalue weighted by Crippen LogP contribution is -2.67. The summed E-state index contributed by atoms with van der Waals surface area (Å²) < 4.78 is 10.6. The smallest absolute Gasteiger partial charge is 0.422 e. The number of rotatable bonds is 0. The van der Waals surface area contributed by atoms with E-state index in [0.29, 0.717) is 12.8 Å². The Balaban J connectivity index is 1.80. The van der Waals surface area contributed by atoms with E-state index in [0.717, 1.165) is 12.8 Å². The van der Waals surface area contributed by atoms with Gasteiger partial charge in [0.25, 0.3) is 0 Å². The van der Waals surface area contributed by atoms with Crippen LogP contribution in [0.4, 0.5) is 4.79 Å².